The third kappa shape index (κ3) is 5.63. The second-order valence-electron chi connectivity index (χ2n) is 6.62. The van der Waals surface area contributed by atoms with E-state index >= 15 is 0 Å². The largest absolute Gasteiger partial charge is 0.455 e. The third-order valence-electron chi connectivity index (χ3n) is 4.32. The predicted octanol–water partition coefficient (Wildman–Crippen LogP) is 6.41. The smallest absolute Gasteiger partial charge is 0.227 e. The highest BCUT2D eigenvalue weighted by Gasteiger charge is 2.13. The molecule has 0 saturated heterocycles. The Bertz CT molecular complexity index is 1180. The number of aryl methyl sites for hydroxylation is 1. The number of para-hydroxylation sites is 1. The highest BCUT2D eigenvalue weighted by Crippen LogP contribution is 2.32. The van der Waals surface area contributed by atoms with Crippen LogP contribution in [-0.4, -0.2) is 16.0 Å². The van der Waals surface area contributed by atoms with Crippen LogP contribution in [-0.2, 0) is 11.2 Å². The van der Waals surface area contributed by atoms with Crippen molar-refractivity contribution in [1.82, 2.24) is 10.1 Å². The van der Waals surface area contributed by atoms with E-state index < -0.39 is 0 Å². The molecule has 8 heteroatoms. The van der Waals surface area contributed by atoms with Gasteiger partial charge in [-0.25, -0.2) is 0 Å². The molecule has 1 aromatic heterocycles. The van der Waals surface area contributed by atoms with Crippen LogP contribution in [0.4, 0.5) is 5.69 Å². The van der Waals surface area contributed by atoms with Gasteiger partial charge in [0.25, 0.3) is 0 Å². The fourth-order valence-electron chi connectivity index (χ4n) is 2.81. The van der Waals surface area contributed by atoms with Crippen molar-refractivity contribution in [2.24, 2.45) is 0 Å². The van der Waals surface area contributed by atoms with Crippen molar-refractivity contribution in [2.45, 2.75) is 12.8 Å². The van der Waals surface area contributed by atoms with Gasteiger partial charge < -0.3 is 14.6 Å². The number of hydrogen-bond acceptors (Lipinski definition) is 5. The normalized spacial score (nSPS) is 10.6. The molecular weight excluding hydrogens is 437 g/mol. The number of nitrogens with one attached hydrogen (secondary N) is 1. The number of carbonyl (C=O) groups is 1. The first-order valence-electron chi connectivity index (χ1n) is 9.48. The van der Waals surface area contributed by atoms with Gasteiger partial charge in [0.15, 0.2) is 5.75 Å². The summed E-state index contributed by atoms with van der Waals surface area (Å²) in [6.07, 6.45) is 0.446. The van der Waals surface area contributed by atoms with E-state index in [1.165, 1.54) is 0 Å². The predicted molar refractivity (Wildman–Crippen MR) is 120 cm³/mol. The van der Waals surface area contributed by atoms with E-state index in [0.29, 0.717) is 45.4 Å². The molecule has 0 bridgehead atoms. The molecule has 6 nitrogen and oxygen atoms in total. The van der Waals surface area contributed by atoms with Crippen LogP contribution in [0.5, 0.6) is 11.5 Å². The van der Waals surface area contributed by atoms with Crippen LogP contribution < -0.4 is 10.1 Å². The molecule has 0 fully saturated rings. The van der Waals surface area contributed by atoms with Gasteiger partial charge in [-0.1, -0.05) is 46.6 Å². The van der Waals surface area contributed by atoms with Crippen LogP contribution >= 0.6 is 23.2 Å². The number of halogens is 2. The summed E-state index contributed by atoms with van der Waals surface area (Å²) >= 11 is 12.0. The van der Waals surface area contributed by atoms with Crippen molar-refractivity contribution in [3.63, 3.8) is 0 Å². The summed E-state index contributed by atoms with van der Waals surface area (Å²) in [5, 5.41) is 7.90. The van der Waals surface area contributed by atoms with Crippen molar-refractivity contribution in [3.8, 4) is 22.9 Å². The van der Waals surface area contributed by atoms with E-state index in [1.54, 1.807) is 42.5 Å². The maximum absolute atomic E-state index is 12.5. The fourth-order valence-corrected chi connectivity index (χ4v) is 3.11. The Morgan fingerprint density at radius 1 is 0.968 bits per heavy atom. The van der Waals surface area contributed by atoms with Crippen LogP contribution in [0.1, 0.15) is 12.3 Å². The number of rotatable bonds is 7. The Morgan fingerprint density at radius 2 is 1.71 bits per heavy atom. The molecule has 0 radical (unpaired) electrons. The van der Waals surface area contributed by atoms with Crippen LogP contribution in [0.2, 0.25) is 10.0 Å². The van der Waals surface area contributed by atoms with Gasteiger partial charge >= 0.3 is 0 Å². The molecule has 1 heterocycles. The van der Waals surface area contributed by atoms with E-state index in [2.05, 4.69) is 15.5 Å². The highest BCUT2D eigenvalue weighted by atomic mass is 35.5. The first-order chi connectivity index (χ1) is 15.1. The molecule has 0 atom stereocenters. The summed E-state index contributed by atoms with van der Waals surface area (Å²) in [5.74, 6) is 1.73. The quantitative estimate of drug-likeness (QED) is 0.349. The SMILES string of the molecule is O=C(CCc1nc(-c2ccc(Cl)cc2)no1)Nc1cc(Cl)ccc1Oc1ccccc1. The van der Waals surface area contributed by atoms with Gasteiger partial charge in [-0.3, -0.25) is 4.79 Å². The lowest BCUT2D eigenvalue weighted by Gasteiger charge is -2.12. The second kappa shape index (κ2) is 9.64. The van der Waals surface area contributed by atoms with Gasteiger partial charge in [-0.2, -0.15) is 4.98 Å². The average Bonchev–Trinajstić information content (AvgIpc) is 3.25. The minimum absolute atomic E-state index is 0.152. The number of benzene rings is 3. The van der Waals surface area contributed by atoms with Crippen molar-refractivity contribution in [2.75, 3.05) is 5.32 Å². The van der Waals surface area contributed by atoms with Crippen molar-refractivity contribution in [3.05, 3.63) is 88.7 Å². The van der Waals surface area contributed by atoms with Gasteiger partial charge in [0.05, 0.1) is 5.69 Å². The minimum Gasteiger partial charge on any atom is -0.455 e. The number of aromatic nitrogens is 2. The molecule has 4 aromatic rings. The summed E-state index contributed by atoms with van der Waals surface area (Å²) in [6, 6.07) is 21.4. The molecule has 0 aliphatic heterocycles. The van der Waals surface area contributed by atoms with Crippen LogP contribution in [0.15, 0.2) is 77.3 Å². The molecule has 0 unspecified atom stereocenters. The number of nitrogens with zero attached hydrogens (tertiary/aromatic N) is 2. The zero-order valence-electron chi connectivity index (χ0n) is 16.2. The van der Waals surface area contributed by atoms with Crippen molar-refractivity contribution < 1.29 is 14.1 Å². The number of amides is 1. The second-order valence-corrected chi connectivity index (χ2v) is 7.50. The first-order valence-corrected chi connectivity index (χ1v) is 10.2. The van der Waals surface area contributed by atoms with E-state index in [0.717, 1.165) is 5.56 Å². The van der Waals surface area contributed by atoms with Crippen molar-refractivity contribution >= 4 is 34.8 Å². The molecule has 0 spiro atoms. The zero-order valence-corrected chi connectivity index (χ0v) is 17.7. The van der Waals surface area contributed by atoms with E-state index in [1.807, 2.05) is 30.3 Å². The van der Waals surface area contributed by atoms with Crippen molar-refractivity contribution in [1.29, 1.82) is 0 Å². The van der Waals surface area contributed by atoms with Gasteiger partial charge in [0.1, 0.15) is 5.75 Å². The average molecular weight is 454 g/mol. The maximum atomic E-state index is 12.5. The lowest BCUT2D eigenvalue weighted by atomic mass is 10.2. The number of carbonyl (C=O) groups excluding carboxylic acids is 1. The summed E-state index contributed by atoms with van der Waals surface area (Å²) in [6.45, 7) is 0. The lowest BCUT2D eigenvalue weighted by molar-refractivity contribution is -0.116. The Morgan fingerprint density at radius 3 is 2.48 bits per heavy atom. The zero-order chi connectivity index (χ0) is 21.6. The van der Waals surface area contributed by atoms with E-state index in [-0.39, 0.29) is 12.3 Å². The molecule has 4 rings (SSSR count). The Hall–Kier alpha value is -3.35. The summed E-state index contributed by atoms with van der Waals surface area (Å²) < 4.78 is 11.1. The van der Waals surface area contributed by atoms with Crippen LogP contribution in [0, 0.1) is 0 Å². The molecule has 0 aliphatic rings. The molecule has 3 aromatic carbocycles. The first kappa shape index (κ1) is 20.9. The molecule has 156 valence electrons. The molecular formula is C23H17Cl2N3O3. The Balaban J connectivity index is 1.39. The number of anilines is 1. The lowest BCUT2D eigenvalue weighted by Crippen LogP contribution is -2.13. The standard InChI is InChI=1S/C23H17Cl2N3O3/c24-16-8-6-15(7-9-16)23-27-22(31-28-23)13-12-21(29)26-19-14-17(25)10-11-20(19)30-18-4-2-1-3-5-18/h1-11,14H,12-13H2,(H,26,29). The van der Waals surface area contributed by atoms with E-state index in [9.17, 15) is 4.79 Å². The summed E-state index contributed by atoms with van der Waals surface area (Å²) in [5.41, 5.74) is 1.26. The van der Waals surface area contributed by atoms with Crippen LogP contribution in [0.3, 0.4) is 0 Å². The molecule has 1 amide bonds. The molecule has 0 saturated carbocycles. The van der Waals surface area contributed by atoms with E-state index in [4.69, 9.17) is 32.5 Å². The van der Waals surface area contributed by atoms with Gasteiger partial charge in [-0.05, 0) is 54.6 Å². The topological polar surface area (TPSA) is 77.2 Å². The van der Waals surface area contributed by atoms with Gasteiger partial charge in [0, 0.05) is 28.5 Å². The number of ether oxygens (including phenoxy) is 1. The molecule has 1 N–H and O–H groups in total. The molecule has 31 heavy (non-hydrogen) atoms. The maximum Gasteiger partial charge on any atom is 0.227 e. The van der Waals surface area contributed by atoms with Gasteiger partial charge in [-0.15, -0.1) is 0 Å². The molecule has 0 aliphatic carbocycles. The summed E-state index contributed by atoms with van der Waals surface area (Å²) in [4.78, 5) is 16.8. The Kier molecular flexibility index (Phi) is 6.50. The monoisotopic (exact) mass is 453 g/mol. The summed E-state index contributed by atoms with van der Waals surface area (Å²) in [7, 11) is 0. The van der Waals surface area contributed by atoms with Gasteiger partial charge in [0.2, 0.25) is 17.6 Å². The fraction of sp³-hybridized carbons (Fsp3) is 0.0870. The Labute approximate surface area is 188 Å². The number of hydrogen-bond donors (Lipinski definition) is 1. The minimum atomic E-state index is -0.230. The van der Waals surface area contributed by atoms with Crippen LogP contribution in [0.25, 0.3) is 11.4 Å². The third-order valence-corrected chi connectivity index (χ3v) is 4.81. The highest BCUT2D eigenvalue weighted by molar-refractivity contribution is 6.31.